The fraction of sp³-hybridized carbons (Fsp3) is 0.381. The molecule has 3 aromatic rings. The van der Waals surface area contributed by atoms with Gasteiger partial charge in [-0.1, -0.05) is 48.5 Å². The zero-order chi connectivity index (χ0) is 20.4. The van der Waals surface area contributed by atoms with Crippen LogP contribution >= 0.6 is 23.1 Å². The smallest absolute Gasteiger partial charge is 0.263 e. The second-order valence-electron chi connectivity index (χ2n) is 7.03. The Hall–Kier alpha value is -2.12. The van der Waals surface area contributed by atoms with E-state index in [4.69, 9.17) is 4.98 Å². The monoisotopic (exact) mass is 415 g/mol. The van der Waals surface area contributed by atoms with Gasteiger partial charge < -0.3 is 4.90 Å². The van der Waals surface area contributed by atoms with Crippen molar-refractivity contribution < 1.29 is 4.79 Å². The summed E-state index contributed by atoms with van der Waals surface area (Å²) in [6.07, 6.45) is 0.881. The van der Waals surface area contributed by atoms with E-state index in [0.717, 1.165) is 22.4 Å². The molecule has 0 saturated heterocycles. The van der Waals surface area contributed by atoms with E-state index in [0.29, 0.717) is 17.1 Å². The van der Waals surface area contributed by atoms with Crippen LogP contribution in [0.1, 0.15) is 28.5 Å². The maximum absolute atomic E-state index is 13.4. The number of fused-ring (bicyclic) bond motifs is 1. The molecule has 0 unspecified atom stereocenters. The molecule has 0 aliphatic carbocycles. The van der Waals surface area contributed by atoms with Crippen LogP contribution in [0.4, 0.5) is 0 Å². The number of amides is 1. The van der Waals surface area contributed by atoms with Gasteiger partial charge >= 0.3 is 0 Å². The summed E-state index contributed by atoms with van der Waals surface area (Å²) in [7, 11) is 3.46. The first kappa shape index (κ1) is 20.6. The molecule has 0 N–H and O–H groups in total. The van der Waals surface area contributed by atoms with Gasteiger partial charge in [0.25, 0.3) is 5.56 Å². The highest BCUT2D eigenvalue weighted by Crippen LogP contribution is 2.29. The van der Waals surface area contributed by atoms with E-state index in [9.17, 15) is 9.59 Å². The average Bonchev–Trinajstić information content (AvgIpc) is 2.99. The number of thiophene rings is 1. The molecule has 7 heteroatoms. The van der Waals surface area contributed by atoms with Crippen LogP contribution in [-0.4, -0.2) is 40.2 Å². The standard InChI is InChI=1S/C21H25N3O2S2/c1-6-16-14(3)18-19(28-16)22-21(27-12-17(25)23(4)5)24(20(18)26)11-15-9-7-13(2)8-10-15/h7-10H,6,11-12H2,1-5H3. The van der Waals surface area contributed by atoms with Crippen LogP contribution in [0.3, 0.4) is 0 Å². The van der Waals surface area contributed by atoms with E-state index >= 15 is 0 Å². The van der Waals surface area contributed by atoms with Crippen molar-refractivity contribution in [3.8, 4) is 0 Å². The topological polar surface area (TPSA) is 55.2 Å². The lowest BCUT2D eigenvalue weighted by Crippen LogP contribution is -2.26. The van der Waals surface area contributed by atoms with E-state index in [-0.39, 0.29) is 17.2 Å². The molecular weight excluding hydrogens is 390 g/mol. The Balaban J connectivity index is 2.10. The summed E-state index contributed by atoms with van der Waals surface area (Å²) >= 11 is 2.90. The normalized spacial score (nSPS) is 11.2. The van der Waals surface area contributed by atoms with E-state index in [1.807, 2.05) is 38.1 Å². The molecule has 0 saturated carbocycles. The summed E-state index contributed by atoms with van der Waals surface area (Å²) in [4.78, 5) is 33.7. The molecule has 148 valence electrons. The molecule has 3 rings (SSSR count). The third-order valence-electron chi connectivity index (χ3n) is 4.72. The molecule has 0 aliphatic heterocycles. The Morgan fingerprint density at radius 2 is 1.89 bits per heavy atom. The lowest BCUT2D eigenvalue weighted by atomic mass is 10.1. The van der Waals surface area contributed by atoms with Gasteiger partial charge in [0.05, 0.1) is 17.7 Å². The van der Waals surface area contributed by atoms with Crippen LogP contribution in [0.15, 0.2) is 34.2 Å². The first-order valence-corrected chi connectivity index (χ1v) is 11.0. The van der Waals surface area contributed by atoms with E-state index in [1.165, 1.54) is 22.2 Å². The minimum atomic E-state index is -0.0289. The second kappa shape index (κ2) is 8.49. The Bertz CT molecular complexity index is 1070. The summed E-state index contributed by atoms with van der Waals surface area (Å²) in [5.41, 5.74) is 3.22. The van der Waals surface area contributed by atoms with Crippen molar-refractivity contribution in [3.63, 3.8) is 0 Å². The van der Waals surface area contributed by atoms with Crippen molar-refractivity contribution in [3.05, 3.63) is 56.2 Å². The molecule has 1 amide bonds. The van der Waals surface area contributed by atoms with Crippen LogP contribution in [0.2, 0.25) is 0 Å². The summed E-state index contributed by atoms with van der Waals surface area (Å²) < 4.78 is 1.71. The second-order valence-corrected chi connectivity index (χ2v) is 9.06. The van der Waals surface area contributed by atoms with Gasteiger partial charge in [-0.05, 0) is 31.4 Å². The van der Waals surface area contributed by atoms with E-state index in [2.05, 4.69) is 6.92 Å². The predicted octanol–water partition coefficient (Wildman–Crippen LogP) is 3.87. The number of hydrogen-bond donors (Lipinski definition) is 0. The first-order chi connectivity index (χ1) is 13.3. The summed E-state index contributed by atoms with van der Waals surface area (Å²) in [6.45, 7) is 6.57. The van der Waals surface area contributed by atoms with Crippen molar-refractivity contribution >= 4 is 39.2 Å². The molecule has 1 aromatic carbocycles. The van der Waals surface area contributed by atoms with Gasteiger partial charge in [0, 0.05) is 19.0 Å². The van der Waals surface area contributed by atoms with Gasteiger partial charge in [0.15, 0.2) is 5.16 Å². The van der Waals surface area contributed by atoms with Crippen molar-refractivity contribution in [1.29, 1.82) is 0 Å². The van der Waals surface area contributed by atoms with E-state index in [1.54, 1.807) is 34.9 Å². The lowest BCUT2D eigenvalue weighted by Gasteiger charge is -2.14. The Kier molecular flexibility index (Phi) is 6.25. The molecule has 0 radical (unpaired) electrons. The highest BCUT2D eigenvalue weighted by atomic mass is 32.2. The molecule has 0 spiro atoms. The van der Waals surface area contributed by atoms with Gasteiger partial charge in [0.1, 0.15) is 4.83 Å². The van der Waals surface area contributed by atoms with Crippen LogP contribution in [0, 0.1) is 13.8 Å². The number of carbonyl (C=O) groups excluding carboxylic acids is 1. The van der Waals surface area contributed by atoms with Crippen LogP contribution in [0.5, 0.6) is 0 Å². The molecule has 0 aliphatic rings. The molecule has 0 atom stereocenters. The molecule has 2 heterocycles. The SMILES string of the molecule is CCc1sc2nc(SCC(=O)N(C)C)n(Cc3ccc(C)cc3)c(=O)c2c1C. The first-order valence-electron chi connectivity index (χ1n) is 9.23. The minimum Gasteiger partial charge on any atom is -0.348 e. The van der Waals surface area contributed by atoms with Crippen LogP contribution in [-0.2, 0) is 17.8 Å². The van der Waals surface area contributed by atoms with Gasteiger partial charge in [-0.25, -0.2) is 4.98 Å². The van der Waals surface area contributed by atoms with Crippen molar-refractivity contribution in [1.82, 2.24) is 14.5 Å². The Labute approximate surface area is 173 Å². The third-order valence-corrected chi connectivity index (χ3v) is 7.01. The molecule has 0 bridgehead atoms. The fourth-order valence-electron chi connectivity index (χ4n) is 2.96. The highest BCUT2D eigenvalue weighted by Gasteiger charge is 2.19. The lowest BCUT2D eigenvalue weighted by molar-refractivity contribution is -0.125. The quantitative estimate of drug-likeness (QED) is 0.453. The number of thioether (sulfide) groups is 1. The number of carbonyl (C=O) groups is 1. The molecule has 28 heavy (non-hydrogen) atoms. The summed E-state index contributed by atoms with van der Waals surface area (Å²) in [5, 5.41) is 1.30. The van der Waals surface area contributed by atoms with Gasteiger partial charge in [-0.15, -0.1) is 11.3 Å². The predicted molar refractivity (Wildman–Crippen MR) is 118 cm³/mol. The molecule has 2 aromatic heterocycles. The van der Waals surface area contributed by atoms with Crippen molar-refractivity contribution in [2.45, 2.75) is 38.9 Å². The number of benzene rings is 1. The zero-order valence-electron chi connectivity index (χ0n) is 16.9. The largest absolute Gasteiger partial charge is 0.348 e. The molecule has 5 nitrogen and oxygen atoms in total. The fourth-order valence-corrected chi connectivity index (χ4v) is 5.10. The van der Waals surface area contributed by atoms with Crippen molar-refractivity contribution in [2.75, 3.05) is 19.8 Å². The van der Waals surface area contributed by atoms with Crippen LogP contribution < -0.4 is 5.56 Å². The number of hydrogen-bond acceptors (Lipinski definition) is 5. The number of nitrogens with zero attached hydrogens (tertiary/aromatic N) is 3. The summed E-state index contributed by atoms with van der Waals surface area (Å²) in [6, 6.07) is 8.15. The minimum absolute atomic E-state index is 0.00200. The number of aromatic nitrogens is 2. The van der Waals surface area contributed by atoms with Gasteiger partial charge in [-0.2, -0.15) is 0 Å². The number of aryl methyl sites for hydroxylation is 3. The maximum Gasteiger partial charge on any atom is 0.263 e. The Morgan fingerprint density at radius 1 is 1.21 bits per heavy atom. The van der Waals surface area contributed by atoms with Gasteiger partial charge in [-0.3, -0.25) is 14.2 Å². The van der Waals surface area contributed by atoms with Crippen LogP contribution in [0.25, 0.3) is 10.2 Å². The highest BCUT2D eigenvalue weighted by molar-refractivity contribution is 7.99. The summed E-state index contributed by atoms with van der Waals surface area (Å²) in [5.74, 6) is 0.252. The number of rotatable bonds is 6. The van der Waals surface area contributed by atoms with E-state index < -0.39 is 0 Å². The third kappa shape index (κ3) is 4.15. The van der Waals surface area contributed by atoms with Crippen molar-refractivity contribution in [2.24, 2.45) is 0 Å². The molecular formula is C21H25N3O2S2. The maximum atomic E-state index is 13.4. The average molecular weight is 416 g/mol. The zero-order valence-corrected chi connectivity index (χ0v) is 18.5. The van der Waals surface area contributed by atoms with Gasteiger partial charge in [0.2, 0.25) is 5.91 Å². The molecule has 0 fully saturated rings. The Morgan fingerprint density at radius 3 is 2.50 bits per heavy atom.